The molecule has 5 heteroatoms. The smallest absolute Gasteiger partial charge is 0.116 e. The van der Waals surface area contributed by atoms with Gasteiger partial charge in [-0.1, -0.05) is 0 Å². The highest BCUT2D eigenvalue weighted by Gasteiger charge is 2.14. The van der Waals surface area contributed by atoms with E-state index in [-0.39, 0.29) is 5.75 Å². The normalized spacial score (nSPS) is 14.2. The second-order valence-corrected chi connectivity index (χ2v) is 3.68. The molecule has 0 amide bonds. The third kappa shape index (κ3) is 1.68. The fourth-order valence-electron chi connectivity index (χ4n) is 1.28. The zero-order chi connectivity index (χ0) is 9.97. The summed E-state index contributed by atoms with van der Waals surface area (Å²) < 4.78 is 16.2. The molecule has 1 aliphatic rings. The average Bonchev–Trinajstić information content (AvgIpc) is 2.18. The Kier molecular flexibility index (Phi) is 2.58. The van der Waals surface area contributed by atoms with Crippen LogP contribution < -0.4 is 4.90 Å². The van der Waals surface area contributed by atoms with Crippen LogP contribution in [0.3, 0.4) is 0 Å². The maximum atomic E-state index is 12.2. The summed E-state index contributed by atoms with van der Waals surface area (Å²) in [6.07, 6.45) is 1.60. The van der Waals surface area contributed by atoms with Crippen molar-refractivity contribution < 1.29 is 9.50 Å². The van der Waals surface area contributed by atoms with Crippen LogP contribution in [0.25, 0.3) is 0 Å². The molecule has 14 heavy (non-hydrogen) atoms. The number of hydrogen-bond acceptors (Lipinski definition) is 4. The van der Waals surface area contributed by atoms with Crippen LogP contribution >= 0.6 is 11.9 Å². The van der Waals surface area contributed by atoms with Crippen molar-refractivity contribution in [1.82, 2.24) is 0 Å². The summed E-state index contributed by atoms with van der Waals surface area (Å²) in [5, 5.41) is 9.25. The molecule has 0 saturated heterocycles. The minimum atomic E-state index is -0.420. The fourth-order valence-corrected chi connectivity index (χ4v) is 2.01. The largest absolute Gasteiger partial charge is 0.508 e. The number of aromatic hydroxyl groups is 1. The lowest BCUT2D eigenvalue weighted by molar-refractivity contribution is 0.473. The van der Waals surface area contributed by atoms with Gasteiger partial charge in [0.25, 0.3) is 0 Å². The van der Waals surface area contributed by atoms with E-state index in [0.29, 0.717) is 6.54 Å². The van der Waals surface area contributed by atoms with Gasteiger partial charge < -0.3 is 10.0 Å². The van der Waals surface area contributed by atoms with Crippen LogP contribution in [-0.4, -0.2) is 24.7 Å². The Morgan fingerprint density at radius 3 is 3.14 bits per heavy atom. The molecule has 3 nitrogen and oxygen atoms in total. The molecule has 0 spiro atoms. The highest BCUT2D eigenvalue weighted by atomic mass is 32.2. The fraction of sp³-hybridized carbons (Fsp3) is 0.222. The van der Waals surface area contributed by atoms with E-state index in [2.05, 4.69) is 4.40 Å². The zero-order valence-electron chi connectivity index (χ0n) is 7.35. The topological polar surface area (TPSA) is 35.8 Å². The van der Waals surface area contributed by atoms with E-state index in [1.807, 2.05) is 0 Å². The van der Waals surface area contributed by atoms with Crippen LogP contribution in [-0.2, 0) is 0 Å². The molecule has 0 radical (unpaired) electrons. The summed E-state index contributed by atoms with van der Waals surface area (Å²) in [6, 6.07) is 4.98. The maximum Gasteiger partial charge on any atom is 0.116 e. The minimum absolute atomic E-state index is 0.202. The Labute approximate surface area is 85.4 Å². The Hall–Kier alpha value is -1.23. The molecule has 0 atom stereocenters. The number of nitrogens with zero attached hydrogens (tertiary/aromatic N) is 2. The number of phenolic OH excluding ortho intramolecular Hbond substituents is 1. The Morgan fingerprint density at radius 2 is 2.36 bits per heavy atom. The molecule has 1 N–H and O–H groups in total. The van der Waals surface area contributed by atoms with Crippen molar-refractivity contribution >= 4 is 24.0 Å². The SMILES string of the molecule is Oc1ccc2c(c1)SN=CN2CCF. The first-order valence-corrected chi connectivity index (χ1v) is 4.95. The maximum absolute atomic E-state index is 12.2. The van der Waals surface area contributed by atoms with E-state index in [1.165, 1.54) is 11.9 Å². The van der Waals surface area contributed by atoms with Crippen molar-refractivity contribution in [2.75, 3.05) is 18.1 Å². The number of fused-ring (bicyclic) bond motifs is 1. The number of anilines is 1. The van der Waals surface area contributed by atoms with Crippen molar-refractivity contribution in [3.8, 4) is 5.75 Å². The average molecular weight is 212 g/mol. The second-order valence-electron chi connectivity index (χ2n) is 2.85. The summed E-state index contributed by atoms with van der Waals surface area (Å²) >= 11 is 1.28. The molecule has 0 aromatic heterocycles. The van der Waals surface area contributed by atoms with Gasteiger partial charge in [0.2, 0.25) is 0 Å². The lowest BCUT2D eigenvalue weighted by Gasteiger charge is -2.23. The summed E-state index contributed by atoms with van der Waals surface area (Å²) in [4.78, 5) is 2.58. The van der Waals surface area contributed by atoms with Crippen molar-refractivity contribution in [1.29, 1.82) is 0 Å². The van der Waals surface area contributed by atoms with Gasteiger partial charge in [0, 0.05) is 11.9 Å². The Balaban J connectivity index is 2.34. The number of halogens is 1. The number of alkyl halides is 1. The third-order valence-electron chi connectivity index (χ3n) is 1.92. The van der Waals surface area contributed by atoms with Crippen molar-refractivity contribution in [2.24, 2.45) is 4.40 Å². The quantitative estimate of drug-likeness (QED) is 0.763. The second kappa shape index (κ2) is 3.88. The predicted octanol–water partition coefficient (Wildman–Crippen LogP) is 2.22. The van der Waals surface area contributed by atoms with Gasteiger partial charge >= 0.3 is 0 Å². The van der Waals surface area contributed by atoms with Crippen LogP contribution in [0, 0.1) is 0 Å². The van der Waals surface area contributed by atoms with Crippen LogP contribution in [0.1, 0.15) is 0 Å². The molecule has 1 heterocycles. The van der Waals surface area contributed by atoms with Crippen LogP contribution in [0.2, 0.25) is 0 Å². The van der Waals surface area contributed by atoms with Gasteiger partial charge in [-0.25, -0.2) is 8.79 Å². The highest BCUT2D eigenvalue weighted by Crippen LogP contribution is 2.35. The van der Waals surface area contributed by atoms with Crippen molar-refractivity contribution in [2.45, 2.75) is 4.90 Å². The van der Waals surface area contributed by atoms with E-state index in [1.54, 1.807) is 29.4 Å². The molecule has 0 saturated carbocycles. The van der Waals surface area contributed by atoms with Crippen molar-refractivity contribution in [3.63, 3.8) is 0 Å². The third-order valence-corrected chi connectivity index (χ3v) is 2.64. The Morgan fingerprint density at radius 1 is 1.50 bits per heavy atom. The highest BCUT2D eigenvalue weighted by molar-refractivity contribution is 7.98. The molecule has 2 rings (SSSR count). The van der Waals surface area contributed by atoms with Crippen LogP contribution in [0.4, 0.5) is 10.1 Å². The summed E-state index contributed by atoms with van der Waals surface area (Å²) in [5.74, 6) is 0.202. The van der Waals surface area contributed by atoms with E-state index in [4.69, 9.17) is 0 Å². The number of benzene rings is 1. The molecule has 0 fully saturated rings. The van der Waals surface area contributed by atoms with Gasteiger partial charge in [0.05, 0.1) is 17.1 Å². The summed E-state index contributed by atoms with van der Waals surface area (Å²) in [7, 11) is 0. The van der Waals surface area contributed by atoms with E-state index in [9.17, 15) is 9.50 Å². The number of rotatable bonds is 2. The summed E-state index contributed by atoms with van der Waals surface area (Å²) in [6.45, 7) is -0.126. The van der Waals surface area contributed by atoms with E-state index in [0.717, 1.165) is 10.6 Å². The van der Waals surface area contributed by atoms with Gasteiger partial charge in [-0.15, -0.1) is 0 Å². The number of phenols is 1. The van der Waals surface area contributed by atoms with Gasteiger partial charge in [0.15, 0.2) is 0 Å². The predicted molar refractivity (Wildman–Crippen MR) is 55.8 cm³/mol. The minimum Gasteiger partial charge on any atom is -0.508 e. The van der Waals surface area contributed by atoms with Crippen LogP contribution in [0.15, 0.2) is 27.5 Å². The molecule has 74 valence electrons. The van der Waals surface area contributed by atoms with Gasteiger partial charge in [-0.05, 0) is 18.2 Å². The lowest BCUT2D eigenvalue weighted by Crippen LogP contribution is -2.25. The Bertz CT molecular complexity index is 370. The first-order valence-electron chi connectivity index (χ1n) is 4.17. The monoisotopic (exact) mass is 212 g/mol. The molecule has 0 unspecified atom stereocenters. The molecule has 0 bridgehead atoms. The number of hydrogen-bond donors (Lipinski definition) is 1. The molecule has 0 aliphatic carbocycles. The first-order chi connectivity index (χ1) is 6.81. The van der Waals surface area contributed by atoms with E-state index < -0.39 is 6.67 Å². The lowest BCUT2D eigenvalue weighted by atomic mass is 10.3. The van der Waals surface area contributed by atoms with E-state index >= 15 is 0 Å². The first kappa shape index (κ1) is 9.33. The van der Waals surface area contributed by atoms with Crippen molar-refractivity contribution in [3.05, 3.63) is 18.2 Å². The van der Waals surface area contributed by atoms with Gasteiger partial charge in [-0.3, -0.25) is 0 Å². The van der Waals surface area contributed by atoms with Crippen LogP contribution in [0.5, 0.6) is 5.75 Å². The standard InChI is InChI=1S/C9H9FN2OS/c10-3-4-12-6-11-14-9-5-7(13)1-2-8(9)12/h1-2,5-6,13H,3-4H2. The summed E-state index contributed by atoms with van der Waals surface area (Å²) in [5.41, 5.74) is 0.889. The molecule has 1 aromatic carbocycles. The molecular weight excluding hydrogens is 203 g/mol. The molecule has 1 aromatic rings. The molecular formula is C9H9FN2OS. The molecule has 1 aliphatic heterocycles. The zero-order valence-corrected chi connectivity index (χ0v) is 8.17. The van der Waals surface area contributed by atoms with Gasteiger partial charge in [0.1, 0.15) is 18.8 Å². The van der Waals surface area contributed by atoms with Gasteiger partial charge in [-0.2, -0.15) is 0 Å².